The fourth-order valence-corrected chi connectivity index (χ4v) is 3.12. The van der Waals surface area contributed by atoms with Crippen LogP contribution in [0.4, 0.5) is 0 Å². The number of carbonyl (C=O) groups is 1. The molecule has 0 spiro atoms. The van der Waals surface area contributed by atoms with Crippen molar-refractivity contribution < 1.29 is 9.90 Å². The van der Waals surface area contributed by atoms with Gasteiger partial charge in [0.1, 0.15) is 5.75 Å². The molecule has 2 heteroatoms. The minimum Gasteiger partial charge on any atom is -0.508 e. The molecule has 2 nitrogen and oxygen atoms in total. The van der Waals surface area contributed by atoms with Crippen LogP contribution in [0.25, 0.3) is 5.57 Å². The van der Waals surface area contributed by atoms with Gasteiger partial charge >= 0.3 is 0 Å². The highest BCUT2D eigenvalue weighted by Crippen LogP contribution is 2.36. The van der Waals surface area contributed by atoms with Crippen LogP contribution in [0.15, 0.2) is 48.0 Å². The quantitative estimate of drug-likeness (QED) is 0.833. The van der Waals surface area contributed by atoms with E-state index >= 15 is 0 Å². The molecule has 0 unspecified atom stereocenters. The van der Waals surface area contributed by atoms with E-state index in [1.54, 1.807) is 12.1 Å². The molecule has 22 heavy (non-hydrogen) atoms. The van der Waals surface area contributed by atoms with Gasteiger partial charge in [0.2, 0.25) is 0 Å². The Morgan fingerprint density at radius 2 is 1.82 bits per heavy atom. The van der Waals surface area contributed by atoms with Crippen LogP contribution >= 0.6 is 0 Å². The van der Waals surface area contributed by atoms with E-state index in [1.807, 2.05) is 37.3 Å². The summed E-state index contributed by atoms with van der Waals surface area (Å²) in [5.74, 6) is 0.351. The van der Waals surface area contributed by atoms with E-state index < -0.39 is 0 Å². The molecule has 0 saturated heterocycles. The molecule has 2 aromatic carbocycles. The van der Waals surface area contributed by atoms with Crippen molar-refractivity contribution in [3.8, 4) is 5.75 Å². The van der Waals surface area contributed by atoms with Crippen LogP contribution in [-0.2, 0) is 6.42 Å². The summed E-state index contributed by atoms with van der Waals surface area (Å²) in [6, 6.07) is 13.1. The molecule has 0 aliphatic heterocycles. The van der Waals surface area contributed by atoms with E-state index in [9.17, 15) is 9.90 Å². The number of phenols is 1. The van der Waals surface area contributed by atoms with Gasteiger partial charge in [0, 0.05) is 11.1 Å². The molecule has 2 aromatic rings. The summed E-state index contributed by atoms with van der Waals surface area (Å²) in [7, 11) is 0. The van der Waals surface area contributed by atoms with Crippen molar-refractivity contribution >= 4 is 11.4 Å². The summed E-state index contributed by atoms with van der Waals surface area (Å²) in [5.41, 5.74) is 5.96. The van der Waals surface area contributed by atoms with Crippen molar-refractivity contribution in [2.24, 2.45) is 0 Å². The molecule has 1 aliphatic carbocycles. The van der Waals surface area contributed by atoms with E-state index in [4.69, 9.17) is 0 Å². The second-order valence-electron chi connectivity index (χ2n) is 5.87. The maximum Gasteiger partial charge on any atom is 0.193 e. The minimum atomic E-state index is 0.0866. The molecule has 1 aliphatic rings. The average molecular weight is 292 g/mol. The van der Waals surface area contributed by atoms with Gasteiger partial charge in [-0.25, -0.2) is 0 Å². The number of rotatable bonds is 3. The number of aromatic hydroxyl groups is 1. The molecule has 0 bridgehead atoms. The van der Waals surface area contributed by atoms with Gasteiger partial charge in [-0.3, -0.25) is 4.79 Å². The molecule has 0 aromatic heterocycles. The van der Waals surface area contributed by atoms with E-state index in [1.165, 1.54) is 5.57 Å². The molecule has 0 saturated carbocycles. The Morgan fingerprint density at radius 1 is 1.09 bits per heavy atom. The average Bonchev–Trinajstić information content (AvgIpc) is 2.53. The Labute approximate surface area is 131 Å². The lowest BCUT2D eigenvalue weighted by atomic mass is 9.81. The summed E-state index contributed by atoms with van der Waals surface area (Å²) in [6.07, 6.45) is 2.66. The van der Waals surface area contributed by atoms with Crippen molar-refractivity contribution in [1.29, 1.82) is 0 Å². The highest BCUT2D eigenvalue weighted by molar-refractivity contribution is 6.30. The Morgan fingerprint density at radius 3 is 2.50 bits per heavy atom. The molecule has 0 heterocycles. The van der Waals surface area contributed by atoms with Crippen LogP contribution in [0.3, 0.4) is 0 Å². The monoisotopic (exact) mass is 292 g/mol. The molecule has 3 rings (SSSR count). The lowest BCUT2D eigenvalue weighted by Crippen LogP contribution is -2.12. The fraction of sp³-hybridized carbons (Fsp3) is 0.250. The number of ketones is 1. The Kier molecular flexibility index (Phi) is 3.84. The number of aryl methyl sites for hydroxylation is 2. The molecule has 0 fully saturated rings. The first-order valence-corrected chi connectivity index (χ1v) is 7.75. The zero-order valence-electron chi connectivity index (χ0n) is 13.0. The standard InChI is InChI=1S/C20H20O2/c1-3-14-8-9-16-12-17(21)10-11-18(16)19(14)20(22)15-6-4-13(2)5-7-15/h4-7,10-12,21H,3,8-9H2,1-2H3. The summed E-state index contributed by atoms with van der Waals surface area (Å²) < 4.78 is 0. The van der Waals surface area contributed by atoms with Gasteiger partial charge in [0.25, 0.3) is 0 Å². The van der Waals surface area contributed by atoms with E-state index in [0.717, 1.165) is 47.1 Å². The second-order valence-corrected chi connectivity index (χ2v) is 5.87. The third kappa shape index (κ3) is 2.57. The number of Topliss-reactive ketones (excluding diaryl/α,β-unsaturated/α-hetero) is 1. The van der Waals surface area contributed by atoms with Crippen molar-refractivity contribution in [2.75, 3.05) is 0 Å². The fourth-order valence-electron chi connectivity index (χ4n) is 3.12. The first-order valence-electron chi connectivity index (χ1n) is 7.75. The number of benzene rings is 2. The van der Waals surface area contributed by atoms with Crippen LogP contribution in [0, 0.1) is 6.92 Å². The Balaban J connectivity index is 2.11. The van der Waals surface area contributed by atoms with Crippen molar-refractivity contribution in [1.82, 2.24) is 0 Å². The smallest absolute Gasteiger partial charge is 0.193 e. The van der Waals surface area contributed by atoms with Crippen molar-refractivity contribution in [3.05, 3.63) is 70.3 Å². The van der Waals surface area contributed by atoms with Gasteiger partial charge in [-0.05, 0) is 49.4 Å². The van der Waals surface area contributed by atoms with E-state index in [-0.39, 0.29) is 11.5 Å². The summed E-state index contributed by atoms with van der Waals surface area (Å²) in [4.78, 5) is 13.0. The SMILES string of the molecule is CCC1=C(C(=O)c2ccc(C)cc2)c2ccc(O)cc2CC1. The van der Waals surface area contributed by atoms with Gasteiger partial charge in [0.05, 0.1) is 0 Å². The normalized spacial score (nSPS) is 13.9. The maximum absolute atomic E-state index is 13.0. The van der Waals surface area contributed by atoms with Crippen LogP contribution < -0.4 is 0 Å². The van der Waals surface area contributed by atoms with Crippen molar-refractivity contribution in [2.45, 2.75) is 33.1 Å². The molecule has 0 atom stereocenters. The number of fused-ring (bicyclic) bond motifs is 1. The van der Waals surface area contributed by atoms with Gasteiger partial charge in [-0.1, -0.05) is 48.4 Å². The van der Waals surface area contributed by atoms with E-state index in [0.29, 0.717) is 0 Å². The number of hydrogen-bond acceptors (Lipinski definition) is 2. The van der Waals surface area contributed by atoms with Gasteiger partial charge in [0.15, 0.2) is 5.78 Å². The first kappa shape index (κ1) is 14.6. The number of phenolic OH excluding ortho intramolecular Hbond substituents is 1. The molecular weight excluding hydrogens is 272 g/mol. The number of allylic oxidation sites excluding steroid dienone is 2. The topological polar surface area (TPSA) is 37.3 Å². The van der Waals surface area contributed by atoms with Gasteiger partial charge in [-0.2, -0.15) is 0 Å². The molecule has 0 amide bonds. The van der Waals surface area contributed by atoms with Crippen LogP contribution in [0.5, 0.6) is 5.75 Å². The van der Waals surface area contributed by atoms with Crippen LogP contribution in [0.1, 0.15) is 46.8 Å². The third-order valence-corrected chi connectivity index (χ3v) is 4.38. The number of hydrogen-bond donors (Lipinski definition) is 1. The highest BCUT2D eigenvalue weighted by Gasteiger charge is 2.24. The zero-order chi connectivity index (χ0) is 15.7. The summed E-state index contributed by atoms with van der Waals surface area (Å²) in [6.45, 7) is 4.12. The summed E-state index contributed by atoms with van der Waals surface area (Å²) >= 11 is 0. The Hall–Kier alpha value is -2.35. The highest BCUT2D eigenvalue weighted by atomic mass is 16.3. The van der Waals surface area contributed by atoms with E-state index in [2.05, 4.69) is 6.92 Å². The van der Waals surface area contributed by atoms with Gasteiger partial charge < -0.3 is 5.11 Å². The second kappa shape index (κ2) is 5.80. The lowest BCUT2D eigenvalue weighted by molar-refractivity contribution is 0.105. The predicted molar refractivity (Wildman–Crippen MR) is 89.1 cm³/mol. The minimum absolute atomic E-state index is 0.0866. The van der Waals surface area contributed by atoms with Crippen LogP contribution in [-0.4, -0.2) is 10.9 Å². The first-order chi connectivity index (χ1) is 10.6. The Bertz CT molecular complexity index is 752. The maximum atomic E-state index is 13.0. The number of carbonyl (C=O) groups excluding carboxylic acids is 1. The molecule has 1 N–H and O–H groups in total. The van der Waals surface area contributed by atoms with Gasteiger partial charge in [-0.15, -0.1) is 0 Å². The largest absolute Gasteiger partial charge is 0.508 e. The molecule has 0 radical (unpaired) electrons. The van der Waals surface area contributed by atoms with Crippen LogP contribution in [0.2, 0.25) is 0 Å². The summed E-state index contributed by atoms with van der Waals surface area (Å²) in [5, 5.41) is 9.68. The lowest BCUT2D eigenvalue weighted by Gasteiger charge is -2.22. The van der Waals surface area contributed by atoms with Crippen molar-refractivity contribution in [3.63, 3.8) is 0 Å². The molecule has 112 valence electrons. The molecular formula is C20H20O2. The zero-order valence-corrected chi connectivity index (χ0v) is 13.0. The third-order valence-electron chi connectivity index (χ3n) is 4.38. The predicted octanol–water partition coefficient (Wildman–Crippen LogP) is 4.69.